The monoisotopic (exact) mass is 383 g/mol. The number of hydrogen-bond donors (Lipinski definition) is 1. The number of nitrogens with zero attached hydrogens (tertiary/aromatic N) is 2. The minimum absolute atomic E-state index is 0.126. The predicted molar refractivity (Wildman–Crippen MR) is 103 cm³/mol. The van der Waals surface area contributed by atoms with Gasteiger partial charge in [-0.25, -0.2) is 14.2 Å². The number of amides is 2. The standard InChI is InChI=1S/C21H22FN3O3/c1-28-20(27)25-11-2-4-14-12-15(5-7-17(14)25)21(9-3-10-21)19(26)24-18-8-6-16(22)13-23-18/h5-8,12-13H,2-4,9-11H2,1H3,(H,23,24,26). The van der Waals surface area contributed by atoms with Gasteiger partial charge >= 0.3 is 6.09 Å². The van der Waals surface area contributed by atoms with Crippen molar-refractivity contribution in [2.45, 2.75) is 37.5 Å². The van der Waals surface area contributed by atoms with E-state index in [0.29, 0.717) is 12.4 Å². The van der Waals surface area contributed by atoms with Gasteiger partial charge in [0.15, 0.2) is 0 Å². The second kappa shape index (κ2) is 7.22. The van der Waals surface area contributed by atoms with E-state index in [1.54, 1.807) is 4.90 Å². The number of anilines is 2. The van der Waals surface area contributed by atoms with E-state index in [-0.39, 0.29) is 12.0 Å². The molecule has 0 unspecified atom stereocenters. The van der Waals surface area contributed by atoms with Crippen LogP contribution in [0.15, 0.2) is 36.5 Å². The average Bonchev–Trinajstić information content (AvgIpc) is 2.67. The smallest absolute Gasteiger partial charge is 0.414 e. The zero-order chi connectivity index (χ0) is 19.7. The Hall–Kier alpha value is -2.96. The van der Waals surface area contributed by atoms with Gasteiger partial charge in [-0.1, -0.05) is 18.6 Å². The first kappa shape index (κ1) is 18.4. The number of methoxy groups -OCH3 is 1. The summed E-state index contributed by atoms with van der Waals surface area (Å²) >= 11 is 0. The zero-order valence-electron chi connectivity index (χ0n) is 15.7. The van der Waals surface area contributed by atoms with Crippen molar-refractivity contribution in [2.24, 2.45) is 0 Å². The van der Waals surface area contributed by atoms with Crippen molar-refractivity contribution in [2.75, 3.05) is 23.9 Å². The van der Waals surface area contributed by atoms with Crippen LogP contribution in [0.3, 0.4) is 0 Å². The molecular weight excluding hydrogens is 361 g/mol. The van der Waals surface area contributed by atoms with E-state index in [9.17, 15) is 14.0 Å². The molecule has 0 saturated heterocycles. The van der Waals surface area contributed by atoms with Crippen molar-refractivity contribution in [1.82, 2.24) is 4.98 Å². The Bertz CT molecular complexity index is 910. The summed E-state index contributed by atoms with van der Waals surface area (Å²) in [6.45, 7) is 0.626. The van der Waals surface area contributed by atoms with Crippen LogP contribution in [0.2, 0.25) is 0 Å². The van der Waals surface area contributed by atoms with Crippen LogP contribution in [0.25, 0.3) is 0 Å². The minimum atomic E-state index is -0.612. The highest BCUT2D eigenvalue weighted by atomic mass is 19.1. The number of carbonyl (C=O) groups excluding carboxylic acids is 2. The van der Waals surface area contributed by atoms with Crippen LogP contribution < -0.4 is 10.2 Å². The first-order valence-electron chi connectivity index (χ1n) is 9.45. The number of pyridine rings is 1. The quantitative estimate of drug-likeness (QED) is 0.875. The molecule has 146 valence electrons. The van der Waals surface area contributed by atoms with E-state index >= 15 is 0 Å². The molecule has 2 amide bonds. The molecule has 1 aliphatic carbocycles. The van der Waals surface area contributed by atoms with Crippen LogP contribution in [0.1, 0.15) is 36.8 Å². The topological polar surface area (TPSA) is 71.5 Å². The maximum atomic E-state index is 13.1. The average molecular weight is 383 g/mol. The van der Waals surface area contributed by atoms with Crippen LogP contribution in [-0.4, -0.2) is 30.6 Å². The molecule has 1 aromatic carbocycles. The molecule has 2 heterocycles. The van der Waals surface area contributed by atoms with Crippen molar-refractivity contribution in [3.63, 3.8) is 0 Å². The number of aryl methyl sites for hydroxylation is 1. The van der Waals surface area contributed by atoms with Crippen LogP contribution in [-0.2, 0) is 21.4 Å². The second-order valence-corrected chi connectivity index (χ2v) is 7.32. The summed E-state index contributed by atoms with van der Waals surface area (Å²) in [5.41, 5.74) is 2.23. The number of benzene rings is 1. The van der Waals surface area contributed by atoms with E-state index in [4.69, 9.17) is 4.74 Å². The summed E-state index contributed by atoms with van der Waals surface area (Å²) in [7, 11) is 1.38. The molecule has 1 saturated carbocycles. The molecule has 1 N–H and O–H groups in total. The van der Waals surface area contributed by atoms with Crippen molar-refractivity contribution in [1.29, 1.82) is 0 Å². The molecule has 4 rings (SSSR count). The number of aromatic nitrogens is 1. The van der Waals surface area contributed by atoms with Crippen LogP contribution in [0.5, 0.6) is 0 Å². The normalized spacial score (nSPS) is 17.3. The third kappa shape index (κ3) is 3.10. The van der Waals surface area contributed by atoms with Gasteiger partial charge in [0.1, 0.15) is 11.6 Å². The second-order valence-electron chi connectivity index (χ2n) is 7.32. The van der Waals surface area contributed by atoms with Gasteiger partial charge in [-0.3, -0.25) is 9.69 Å². The molecule has 7 heteroatoms. The molecule has 0 spiro atoms. The van der Waals surface area contributed by atoms with E-state index < -0.39 is 11.2 Å². The number of halogens is 1. The molecule has 2 aliphatic rings. The van der Waals surface area contributed by atoms with Gasteiger partial charge in [0.2, 0.25) is 5.91 Å². The summed E-state index contributed by atoms with van der Waals surface area (Å²) in [5.74, 6) is -0.229. The highest BCUT2D eigenvalue weighted by molar-refractivity contribution is 5.99. The molecule has 28 heavy (non-hydrogen) atoms. The molecule has 1 aromatic heterocycles. The Morgan fingerprint density at radius 1 is 1.21 bits per heavy atom. The summed E-state index contributed by atoms with van der Waals surface area (Å²) in [5, 5.41) is 2.83. The van der Waals surface area contributed by atoms with Crippen molar-refractivity contribution < 1.29 is 18.7 Å². The summed E-state index contributed by atoms with van der Waals surface area (Å²) < 4.78 is 17.9. The summed E-state index contributed by atoms with van der Waals surface area (Å²) in [6.07, 6.45) is 4.89. The summed E-state index contributed by atoms with van der Waals surface area (Å²) in [6, 6.07) is 8.61. The minimum Gasteiger partial charge on any atom is -0.452 e. The molecule has 6 nitrogen and oxygen atoms in total. The molecule has 0 radical (unpaired) electrons. The van der Waals surface area contributed by atoms with Gasteiger partial charge in [0.25, 0.3) is 0 Å². The van der Waals surface area contributed by atoms with Gasteiger partial charge in [-0.05, 0) is 55.0 Å². The van der Waals surface area contributed by atoms with E-state index in [1.165, 1.54) is 19.2 Å². The molecule has 1 fully saturated rings. The highest BCUT2D eigenvalue weighted by Crippen LogP contribution is 2.46. The third-order valence-corrected chi connectivity index (χ3v) is 5.76. The number of ether oxygens (including phenoxy) is 1. The largest absolute Gasteiger partial charge is 0.452 e. The molecule has 2 aromatic rings. The highest BCUT2D eigenvalue weighted by Gasteiger charge is 2.46. The molecule has 0 bridgehead atoms. The Morgan fingerprint density at radius 3 is 2.68 bits per heavy atom. The fraction of sp³-hybridized carbons (Fsp3) is 0.381. The predicted octanol–water partition coefficient (Wildman–Crippen LogP) is 3.80. The Balaban J connectivity index is 1.62. The van der Waals surface area contributed by atoms with Crippen LogP contribution >= 0.6 is 0 Å². The van der Waals surface area contributed by atoms with Crippen molar-refractivity contribution in [3.05, 3.63) is 53.5 Å². The van der Waals surface area contributed by atoms with Crippen molar-refractivity contribution in [3.8, 4) is 0 Å². The Labute approximate surface area is 162 Å². The molecule has 1 aliphatic heterocycles. The van der Waals surface area contributed by atoms with Crippen LogP contribution in [0, 0.1) is 5.82 Å². The van der Waals surface area contributed by atoms with E-state index in [2.05, 4.69) is 10.3 Å². The number of nitrogens with one attached hydrogen (secondary N) is 1. The maximum absolute atomic E-state index is 13.1. The third-order valence-electron chi connectivity index (χ3n) is 5.76. The number of fused-ring (bicyclic) bond motifs is 1. The summed E-state index contributed by atoms with van der Waals surface area (Å²) in [4.78, 5) is 30.6. The van der Waals surface area contributed by atoms with E-state index in [1.807, 2.05) is 18.2 Å². The number of rotatable bonds is 3. The SMILES string of the molecule is COC(=O)N1CCCc2cc(C3(C(=O)Nc4ccc(F)cn4)CCC3)ccc21. The maximum Gasteiger partial charge on any atom is 0.414 e. The van der Waals surface area contributed by atoms with Crippen LogP contribution in [0.4, 0.5) is 20.7 Å². The lowest BCUT2D eigenvalue weighted by Crippen LogP contribution is -2.46. The van der Waals surface area contributed by atoms with Gasteiger partial charge in [0.05, 0.1) is 24.4 Å². The Kier molecular flexibility index (Phi) is 4.75. The first-order chi connectivity index (χ1) is 13.5. The molecule has 0 atom stereocenters. The zero-order valence-corrected chi connectivity index (χ0v) is 15.7. The first-order valence-corrected chi connectivity index (χ1v) is 9.45. The molecular formula is C21H22FN3O3. The van der Waals surface area contributed by atoms with Gasteiger partial charge in [0, 0.05) is 6.54 Å². The number of hydrogen-bond acceptors (Lipinski definition) is 4. The lowest BCUT2D eigenvalue weighted by atomic mass is 9.63. The fourth-order valence-corrected chi connectivity index (χ4v) is 4.06. The lowest BCUT2D eigenvalue weighted by molar-refractivity contribution is -0.124. The fourth-order valence-electron chi connectivity index (χ4n) is 4.06. The van der Waals surface area contributed by atoms with Gasteiger partial charge in [-0.15, -0.1) is 0 Å². The van der Waals surface area contributed by atoms with E-state index in [0.717, 1.165) is 55.1 Å². The van der Waals surface area contributed by atoms with Gasteiger partial charge < -0.3 is 10.1 Å². The van der Waals surface area contributed by atoms with Crippen molar-refractivity contribution >= 4 is 23.5 Å². The Morgan fingerprint density at radius 2 is 2.04 bits per heavy atom. The van der Waals surface area contributed by atoms with Gasteiger partial charge in [-0.2, -0.15) is 0 Å². The number of carbonyl (C=O) groups is 2. The lowest BCUT2D eigenvalue weighted by Gasteiger charge is -2.41.